The summed E-state index contributed by atoms with van der Waals surface area (Å²) in [5.74, 6) is 8.05. The van der Waals surface area contributed by atoms with Crippen LogP contribution in [-0.2, 0) is 11.4 Å². The molecule has 0 saturated heterocycles. The third-order valence-corrected chi connectivity index (χ3v) is 6.61. The molecule has 1 aliphatic rings. The number of rotatable bonds is 10. The van der Waals surface area contributed by atoms with Gasteiger partial charge in [0.15, 0.2) is 11.5 Å². The number of nitrogens with two attached hydrogens (primary N) is 1. The number of hydrogen-bond donors (Lipinski definition) is 3. The van der Waals surface area contributed by atoms with Crippen molar-refractivity contribution in [3.8, 4) is 17.2 Å². The molecule has 4 N–H and O–H groups in total. The number of benzene rings is 3. The Kier molecular flexibility index (Phi) is 8.34. The number of amides is 1. The third kappa shape index (κ3) is 6.92. The van der Waals surface area contributed by atoms with Gasteiger partial charge in [-0.15, -0.1) is 10.2 Å². The van der Waals surface area contributed by atoms with Crippen molar-refractivity contribution in [3.63, 3.8) is 0 Å². The average Bonchev–Trinajstić information content (AvgIpc) is 3.31. The molecule has 0 spiro atoms. The van der Waals surface area contributed by atoms with Crippen molar-refractivity contribution >= 4 is 47.1 Å². The van der Waals surface area contributed by atoms with Crippen molar-refractivity contribution < 1.29 is 19.0 Å². The fourth-order valence-electron chi connectivity index (χ4n) is 3.52. The highest BCUT2D eigenvalue weighted by Crippen LogP contribution is 2.32. The molecule has 1 aromatic heterocycles. The highest BCUT2D eigenvalue weighted by Gasteiger charge is 2.15. The number of para-hydroxylation sites is 1. The van der Waals surface area contributed by atoms with Gasteiger partial charge in [-0.25, -0.2) is 10.1 Å². The molecule has 0 radical (unpaired) electrons. The average molecular weight is 566 g/mol. The fourth-order valence-corrected chi connectivity index (χ4v) is 4.30. The van der Waals surface area contributed by atoms with Gasteiger partial charge in [0.25, 0.3) is 5.95 Å². The molecule has 3 aromatic carbocycles. The normalized spacial score (nSPS) is 12.3. The standard InChI is InChI=1S/C26H24ClN7O4S/c27-19-7-5-17(6-8-19)15-38-21-4-2-1-3-18(21)14-29-31-25-32-33-26(34(25)28)39-16-24(35)30-20-9-10-22-23(13-20)37-12-11-36-22/h1-10,13-14H,11-12,15-16,28H2,(H,30,35)(H,31,32)/b29-14+. The molecule has 0 bridgehead atoms. The summed E-state index contributed by atoms with van der Waals surface area (Å²) >= 11 is 7.08. The molecule has 5 rings (SSSR count). The van der Waals surface area contributed by atoms with E-state index in [9.17, 15) is 4.79 Å². The zero-order valence-electron chi connectivity index (χ0n) is 20.5. The lowest BCUT2D eigenvalue weighted by Crippen LogP contribution is -2.18. The van der Waals surface area contributed by atoms with Gasteiger partial charge in [0.05, 0.1) is 12.0 Å². The zero-order chi connectivity index (χ0) is 27.0. The molecule has 1 aliphatic heterocycles. The van der Waals surface area contributed by atoms with Crippen molar-refractivity contribution in [1.82, 2.24) is 14.9 Å². The van der Waals surface area contributed by atoms with Gasteiger partial charge in [0.1, 0.15) is 25.6 Å². The summed E-state index contributed by atoms with van der Waals surface area (Å²) in [7, 11) is 0. The first-order valence-electron chi connectivity index (χ1n) is 11.8. The second kappa shape index (κ2) is 12.4. The maximum absolute atomic E-state index is 12.4. The summed E-state index contributed by atoms with van der Waals surface area (Å²) in [5, 5.41) is 16.1. The first-order chi connectivity index (χ1) is 19.0. The third-order valence-electron chi connectivity index (χ3n) is 5.42. The maximum Gasteiger partial charge on any atom is 0.264 e. The lowest BCUT2D eigenvalue weighted by molar-refractivity contribution is -0.113. The number of carbonyl (C=O) groups is 1. The van der Waals surface area contributed by atoms with Crippen LogP contribution < -0.4 is 30.8 Å². The Morgan fingerprint density at radius 1 is 1.10 bits per heavy atom. The van der Waals surface area contributed by atoms with Gasteiger partial charge < -0.3 is 25.4 Å². The van der Waals surface area contributed by atoms with Crippen LogP contribution >= 0.6 is 23.4 Å². The zero-order valence-corrected chi connectivity index (χ0v) is 22.1. The number of halogens is 1. The molecule has 11 nitrogen and oxygen atoms in total. The van der Waals surface area contributed by atoms with E-state index in [0.717, 1.165) is 22.9 Å². The largest absolute Gasteiger partial charge is 0.488 e. The lowest BCUT2D eigenvalue weighted by Gasteiger charge is -2.18. The van der Waals surface area contributed by atoms with Crippen LogP contribution in [0.25, 0.3) is 0 Å². The van der Waals surface area contributed by atoms with E-state index in [-0.39, 0.29) is 17.6 Å². The Morgan fingerprint density at radius 2 is 1.90 bits per heavy atom. The van der Waals surface area contributed by atoms with E-state index in [2.05, 4.69) is 26.0 Å². The summed E-state index contributed by atoms with van der Waals surface area (Å²) in [6, 6.07) is 20.2. The van der Waals surface area contributed by atoms with Gasteiger partial charge in [-0.2, -0.15) is 5.10 Å². The SMILES string of the molecule is Nn1c(N/N=C/c2ccccc2OCc2ccc(Cl)cc2)nnc1SCC(=O)Nc1ccc2c(c1)OCCO2. The summed E-state index contributed by atoms with van der Waals surface area (Å²) in [5.41, 5.74) is 5.12. The van der Waals surface area contributed by atoms with Gasteiger partial charge in [0.2, 0.25) is 11.1 Å². The number of aromatic nitrogens is 3. The number of hydrazone groups is 1. The van der Waals surface area contributed by atoms with Crippen LogP contribution in [0.4, 0.5) is 11.6 Å². The van der Waals surface area contributed by atoms with E-state index >= 15 is 0 Å². The fraction of sp³-hybridized carbons (Fsp3) is 0.154. The van der Waals surface area contributed by atoms with Crippen LogP contribution in [0.15, 0.2) is 77.0 Å². The van der Waals surface area contributed by atoms with Crippen LogP contribution in [0.1, 0.15) is 11.1 Å². The quantitative estimate of drug-likeness (QED) is 0.112. The maximum atomic E-state index is 12.4. The van der Waals surface area contributed by atoms with Crippen LogP contribution in [0, 0.1) is 0 Å². The topological polar surface area (TPSA) is 138 Å². The van der Waals surface area contributed by atoms with Crippen molar-refractivity contribution in [2.45, 2.75) is 11.8 Å². The number of nitrogens with one attached hydrogen (secondary N) is 2. The summed E-state index contributed by atoms with van der Waals surface area (Å²) in [6.45, 7) is 1.36. The van der Waals surface area contributed by atoms with E-state index in [1.807, 2.05) is 48.5 Å². The first kappa shape index (κ1) is 26.2. The van der Waals surface area contributed by atoms with E-state index in [0.29, 0.717) is 52.9 Å². The first-order valence-corrected chi connectivity index (χ1v) is 13.2. The van der Waals surface area contributed by atoms with Crippen LogP contribution in [0.2, 0.25) is 5.02 Å². The van der Waals surface area contributed by atoms with E-state index in [4.69, 9.17) is 31.7 Å². The number of anilines is 2. The minimum atomic E-state index is -0.234. The minimum Gasteiger partial charge on any atom is -0.488 e. The molecule has 200 valence electrons. The van der Waals surface area contributed by atoms with Crippen LogP contribution in [0.5, 0.6) is 17.2 Å². The number of ether oxygens (including phenoxy) is 3. The number of nitrogen functional groups attached to an aromatic ring is 1. The Hall–Kier alpha value is -4.42. The van der Waals surface area contributed by atoms with Crippen molar-refractivity contribution in [2.75, 3.05) is 35.6 Å². The van der Waals surface area contributed by atoms with E-state index < -0.39 is 0 Å². The molecular weight excluding hydrogens is 542 g/mol. The molecule has 0 unspecified atom stereocenters. The molecule has 0 fully saturated rings. The summed E-state index contributed by atoms with van der Waals surface area (Å²) in [6.07, 6.45) is 1.60. The predicted octanol–water partition coefficient (Wildman–Crippen LogP) is 4.17. The molecule has 1 amide bonds. The Morgan fingerprint density at radius 3 is 2.74 bits per heavy atom. The summed E-state index contributed by atoms with van der Waals surface area (Å²) in [4.78, 5) is 12.4. The van der Waals surface area contributed by atoms with Crippen LogP contribution in [-0.4, -0.2) is 46.0 Å². The lowest BCUT2D eigenvalue weighted by atomic mass is 10.2. The second-order valence-electron chi connectivity index (χ2n) is 8.19. The molecule has 39 heavy (non-hydrogen) atoms. The molecular formula is C26H24ClN7O4S. The van der Waals surface area contributed by atoms with Crippen molar-refractivity contribution in [3.05, 3.63) is 82.9 Å². The van der Waals surface area contributed by atoms with Crippen molar-refractivity contribution in [2.24, 2.45) is 5.10 Å². The van der Waals surface area contributed by atoms with Gasteiger partial charge in [-0.3, -0.25) is 4.79 Å². The summed E-state index contributed by atoms with van der Waals surface area (Å²) < 4.78 is 18.2. The monoisotopic (exact) mass is 565 g/mol. The van der Waals surface area contributed by atoms with Gasteiger partial charge in [-0.1, -0.05) is 47.6 Å². The number of nitrogens with zero attached hydrogens (tertiary/aromatic N) is 4. The second-order valence-corrected chi connectivity index (χ2v) is 9.57. The number of carbonyl (C=O) groups excluding carboxylic acids is 1. The molecule has 0 atom stereocenters. The minimum absolute atomic E-state index is 0.0748. The van der Waals surface area contributed by atoms with Gasteiger partial charge >= 0.3 is 0 Å². The number of fused-ring (bicyclic) bond motifs is 1. The number of thioether (sulfide) groups is 1. The highest BCUT2D eigenvalue weighted by atomic mass is 35.5. The highest BCUT2D eigenvalue weighted by molar-refractivity contribution is 7.99. The molecule has 4 aromatic rings. The smallest absolute Gasteiger partial charge is 0.264 e. The molecule has 2 heterocycles. The van der Waals surface area contributed by atoms with Gasteiger partial charge in [-0.05, 0) is 42.0 Å². The predicted molar refractivity (Wildman–Crippen MR) is 150 cm³/mol. The Balaban J connectivity index is 1.13. The Labute approximate surface area is 233 Å². The number of hydrogen-bond acceptors (Lipinski definition) is 10. The van der Waals surface area contributed by atoms with Crippen LogP contribution in [0.3, 0.4) is 0 Å². The van der Waals surface area contributed by atoms with Crippen molar-refractivity contribution in [1.29, 1.82) is 0 Å². The van der Waals surface area contributed by atoms with E-state index in [1.54, 1.807) is 24.4 Å². The molecule has 13 heteroatoms. The Bertz CT molecular complexity index is 1480. The molecule has 0 aliphatic carbocycles. The van der Waals surface area contributed by atoms with E-state index in [1.165, 1.54) is 4.68 Å². The molecule has 0 saturated carbocycles. The van der Waals surface area contributed by atoms with Gasteiger partial charge in [0, 0.05) is 22.3 Å².